The molecule has 3 N–H and O–H groups in total. The molecule has 1 aliphatic heterocycles. The largest absolute Gasteiger partial charge is 0.398 e. The van der Waals surface area contributed by atoms with Gasteiger partial charge >= 0.3 is 0 Å². The number of β-amino-alcohol motifs (C(OH)–C–C–N with tert-alkyl or cyclic N) is 1. The lowest BCUT2D eigenvalue weighted by Crippen LogP contribution is -2.63. The number of benzene rings is 1. The number of anilines is 1. The molecule has 0 aliphatic carbocycles. The number of hydrogen-bond donors (Lipinski definition) is 2. The van der Waals surface area contributed by atoms with Gasteiger partial charge in [0.05, 0.1) is 10.5 Å². The van der Waals surface area contributed by atoms with Gasteiger partial charge in [0.2, 0.25) is 10.0 Å². The van der Waals surface area contributed by atoms with Crippen LogP contribution in [0, 0.1) is 12.7 Å². The van der Waals surface area contributed by atoms with Gasteiger partial charge in [0, 0.05) is 24.3 Å². The minimum atomic E-state index is -3.80. The Morgan fingerprint density at radius 1 is 1.45 bits per heavy atom. The van der Waals surface area contributed by atoms with E-state index in [1.807, 2.05) is 6.92 Å². The van der Waals surface area contributed by atoms with Crippen LogP contribution in [0.5, 0.6) is 0 Å². The van der Waals surface area contributed by atoms with Crippen LogP contribution in [0.3, 0.4) is 0 Å². The summed E-state index contributed by atoms with van der Waals surface area (Å²) in [7, 11) is -3.80. The quantitative estimate of drug-likeness (QED) is 0.820. The molecule has 1 saturated heterocycles. The summed E-state index contributed by atoms with van der Waals surface area (Å²) in [4.78, 5) is -0.170. The smallest absolute Gasteiger partial charge is 0.243 e. The molecule has 2 rings (SSSR count). The van der Waals surface area contributed by atoms with Crippen molar-refractivity contribution in [1.29, 1.82) is 0 Å². The molecular weight excluding hydrogens is 283 g/mol. The van der Waals surface area contributed by atoms with Gasteiger partial charge in [0.15, 0.2) is 0 Å². The van der Waals surface area contributed by atoms with Gasteiger partial charge in [-0.1, -0.05) is 13.3 Å². The average molecular weight is 302 g/mol. The fourth-order valence-electron chi connectivity index (χ4n) is 2.38. The minimum Gasteiger partial charge on any atom is -0.398 e. The Hall–Kier alpha value is -1.18. The second kappa shape index (κ2) is 4.98. The summed E-state index contributed by atoms with van der Waals surface area (Å²) in [6.07, 6.45) is 1.32. The fraction of sp³-hybridized carbons (Fsp3) is 0.538. The topological polar surface area (TPSA) is 83.6 Å². The molecule has 1 aliphatic rings. The van der Waals surface area contributed by atoms with Gasteiger partial charge in [0.1, 0.15) is 5.82 Å². The van der Waals surface area contributed by atoms with Gasteiger partial charge in [-0.05, 0) is 25.5 Å². The summed E-state index contributed by atoms with van der Waals surface area (Å²) in [6, 6.07) is 2.23. The van der Waals surface area contributed by atoms with E-state index in [9.17, 15) is 17.9 Å². The van der Waals surface area contributed by atoms with Crippen LogP contribution in [0.15, 0.2) is 17.0 Å². The Balaban J connectivity index is 2.25. The molecule has 0 spiro atoms. The lowest BCUT2D eigenvalue weighted by Gasteiger charge is -2.45. The molecule has 1 fully saturated rings. The molecule has 0 amide bonds. The highest BCUT2D eigenvalue weighted by Crippen LogP contribution is 2.32. The molecule has 0 unspecified atom stereocenters. The molecule has 1 heterocycles. The van der Waals surface area contributed by atoms with Gasteiger partial charge in [-0.3, -0.25) is 0 Å². The second-order valence-corrected chi connectivity index (χ2v) is 7.30. The van der Waals surface area contributed by atoms with Gasteiger partial charge in [-0.25, -0.2) is 12.8 Å². The van der Waals surface area contributed by atoms with E-state index in [4.69, 9.17) is 5.73 Å². The summed E-state index contributed by atoms with van der Waals surface area (Å²) >= 11 is 0. The van der Waals surface area contributed by atoms with E-state index in [1.54, 1.807) is 0 Å². The third-order valence-corrected chi connectivity index (χ3v) is 5.42. The highest BCUT2D eigenvalue weighted by atomic mass is 32.2. The van der Waals surface area contributed by atoms with Crippen molar-refractivity contribution in [2.24, 2.45) is 0 Å². The van der Waals surface area contributed by atoms with Crippen molar-refractivity contribution >= 4 is 15.7 Å². The lowest BCUT2D eigenvalue weighted by molar-refractivity contribution is -0.0653. The van der Waals surface area contributed by atoms with Crippen molar-refractivity contribution in [2.45, 2.75) is 37.2 Å². The predicted molar refractivity (Wildman–Crippen MR) is 74.2 cm³/mol. The van der Waals surface area contributed by atoms with Crippen LogP contribution in [0.1, 0.15) is 25.3 Å². The van der Waals surface area contributed by atoms with Gasteiger partial charge < -0.3 is 10.8 Å². The van der Waals surface area contributed by atoms with Crippen molar-refractivity contribution in [2.75, 3.05) is 18.8 Å². The van der Waals surface area contributed by atoms with E-state index in [2.05, 4.69) is 0 Å². The number of hydrogen-bond acceptors (Lipinski definition) is 4. The van der Waals surface area contributed by atoms with Gasteiger partial charge in [-0.15, -0.1) is 0 Å². The molecule has 0 aromatic heterocycles. The normalized spacial score (nSPS) is 18.8. The van der Waals surface area contributed by atoms with Crippen LogP contribution < -0.4 is 5.73 Å². The van der Waals surface area contributed by atoms with Crippen molar-refractivity contribution in [3.05, 3.63) is 23.5 Å². The number of nitrogens with two attached hydrogens (primary N) is 1. The highest BCUT2D eigenvalue weighted by molar-refractivity contribution is 7.89. The molecule has 1 aromatic rings. The van der Waals surface area contributed by atoms with E-state index in [1.165, 1.54) is 13.0 Å². The Morgan fingerprint density at radius 2 is 2.05 bits per heavy atom. The SMILES string of the molecule is CCCC1(O)CN(S(=O)(=O)c2cc(N)c(C)c(F)c2)C1. The lowest BCUT2D eigenvalue weighted by atomic mass is 9.92. The fourth-order valence-corrected chi connectivity index (χ4v) is 4.02. The van der Waals surface area contributed by atoms with Gasteiger partial charge in [-0.2, -0.15) is 4.31 Å². The number of sulfonamides is 1. The Labute approximate surface area is 118 Å². The van der Waals surface area contributed by atoms with Gasteiger partial charge in [0.25, 0.3) is 0 Å². The summed E-state index contributed by atoms with van der Waals surface area (Å²) in [5.74, 6) is -0.645. The number of nitrogens with zero attached hydrogens (tertiary/aromatic N) is 1. The summed E-state index contributed by atoms with van der Waals surface area (Å²) in [6.45, 7) is 3.49. The highest BCUT2D eigenvalue weighted by Gasteiger charge is 2.46. The summed E-state index contributed by atoms with van der Waals surface area (Å²) in [5, 5.41) is 10.0. The van der Waals surface area contributed by atoms with E-state index < -0.39 is 21.4 Å². The third kappa shape index (κ3) is 2.53. The zero-order valence-corrected chi connectivity index (χ0v) is 12.4. The van der Waals surface area contributed by atoms with Crippen LogP contribution in [0.4, 0.5) is 10.1 Å². The second-order valence-electron chi connectivity index (χ2n) is 5.37. The van der Waals surface area contributed by atoms with Crippen LogP contribution in [-0.4, -0.2) is 36.5 Å². The van der Waals surface area contributed by atoms with E-state index >= 15 is 0 Å². The molecule has 0 saturated carbocycles. The number of halogens is 1. The molecule has 0 bridgehead atoms. The van der Waals surface area contributed by atoms with Crippen LogP contribution >= 0.6 is 0 Å². The van der Waals surface area contributed by atoms with Crippen molar-refractivity contribution in [3.63, 3.8) is 0 Å². The maximum atomic E-state index is 13.6. The monoisotopic (exact) mass is 302 g/mol. The maximum absolute atomic E-state index is 13.6. The van der Waals surface area contributed by atoms with E-state index in [0.29, 0.717) is 6.42 Å². The molecule has 7 heteroatoms. The number of rotatable bonds is 4. The third-order valence-electron chi connectivity index (χ3n) is 3.65. The molecular formula is C13H19FN2O3S. The Kier molecular flexibility index (Phi) is 3.79. The first kappa shape index (κ1) is 15.2. The molecule has 0 radical (unpaired) electrons. The first-order valence-electron chi connectivity index (χ1n) is 6.48. The zero-order valence-electron chi connectivity index (χ0n) is 11.6. The van der Waals surface area contributed by atoms with Crippen molar-refractivity contribution in [3.8, 4) is 0 Å². The first-order chi connectivity index (χ1) is 9.19. The van der Waals surface area contributed by atoms with Crippen LogP contribution in [0.25, 0.3) is 0 Å². The average Bonchev–Trinajstić information content (AvgIpc) is 2.32. The zero-order chi connectivity index (χ0) is 15.1. The summed E-state index contributed by atoms with van der Waals surface area (Å²) in [5.41, 5.74) is 4.98. The number of nitrogen functional groups attached to an aromatic ring is 1. The van der Waals surface area contributed by atoms with E-state index in [0.717, 1.165) is 16.8 Å². The molecule has 5 nitrogen and oxygen atoms in total. The summed E-state index contributed by atoms with van der Waals surface area (Å²) < 4.78 is 39.4. The minimum absolute atomic E-state index is 0.0403. The van der Waals surface area contributed by atoms with Crippen LogP contribution in [0.2, 0.25) is 0 Å². The van der Waals surface area contributed by atoms with Crippen LogP contribution in [-0.2, 0) is 10.0 Å². The molecule has 0 atom stereocenters. The number of aliphatic hydroxyl groups is 1. The standard InChI is InChI=1S/C13H19FN2O3S/c1-3-4-13(17)7-16(8-13)20(18,19)10-5-11(14)9(2)12(15)6-10/h5-6,17H,3-4,7-8,15H2,1-2H3. The first-order valence-corrected chi connectivity index (χ1v) is 7.92. The van der Waals surface area contributed by atoms with E-state index in [-0.39, 0.29) is 29.2 Å². The molecule has 1 aromatic carbocycles. The molecule has 112 valence electrons. The predicted octanol–water partition coefficient (Wildman–Crippen LogP) is 1.25. The van der Waals surface area contributed by atoms with Crippen molar-refractivity contribution < 1.29 is 17.9 Å². The maximum Gasteiger partial charge on any atom is 0.243 e. The Bertz CT molecular complexity index is 601. The molecule has 20 heavy (non-hydrogen) atoms. The Morgan fingerprint density at radius 3 is 2.55 bits per heavy atom. The van der Waals surface area contributed by atoms with Crippen molar-refractivity contribution in [1.82, 2.24) is 4.31 Å².